The molecule has 26 heavy (non-hydrogen) atoms. The Morgan fingerprint density at radius 1 is 1.19 bits per heavy atom. The molecule has 4 nitrogen and oxygen atoms in total. The van der Waals surface area contributed by atoms with Crippen LogP contribution in [-0.4, -0.2) is 24.0 Å². The number of nitrogens with zero attached hydrogens (tertiary/aromatic N) is 2. The SMILES string of the molecule is COc1cccc([C@@H](C)N(C)Cc2nc(-c3ccc(Cl)cc3)oc2C)c1. The van der Waals surface area contributed by atoms with Gasteiger partial charge in [-0.05, 0) is 62.9 Å². The number of benzene rings is 2. The number of oxazole rings is 1. The lowest BCUT2D eigenvalue weighted by Crippen LogP contribution is -2.22. The summed E-state index contributed by atoms with van der Waals surface area (Å²) in [6, 6.07) is 15.9. The largest absolute Gasteiger partial charge is 0.497 e. The molecular weight excluding hydrogens is 348 g/mol. The Kier molecular flexibility index (Phi) is 5.64. The summed E-state index contributed by atoms with van der Waals surface area (Å²) in [6.45, 7) is 4.82. The number of halogens is 1. The van der Waals surface area contributed by atoms with Crippen molar-refractivity contribution in [3.05, 3.63) is 70.6 Å². The van der Waals surface area contributed by atoms with Gasteiger partial charge in [0.25, 0.3) is 0 Å². The molecule has 0 aliphatic heterocycles. The van der Waals surface area contributed by atoms with E-state index in [1.807, 2.05) is 43.3 Å². The van der Waals surface area contributed by atoms with Crippen LogP contribution in [0, 0.1) is 6.92 Å². The molecule has 2 aromatic carbocycles. The van der Waals surface area contributed by atoms with Gasteiger partial charge in [-0.25, -0.2) is 4.98 Å². The zero-order chi connectivity index (χ0) is 18.7. The van der Waals surface area contributed by atoms with Gasteiger partial charge in [0.1, 0.15) is 11.5 Å². The molecule has 0 spiro atoms. The second-order valence-corrected chi connectivity index (χ2v) is 6.83. The van der Waals surface area contributed by atoms with Gasteiger partial charge in [-0.2, -0.15) is 0 Å². The topological polar surface area (TPSA) is 38.5 Å². The molecule has 3 rings (SSSR count). The van der Waals surface area contributed by atoms with Gasteiger partial charge in [-0.3, -0.25) is 4.90 Å². The lowest BCUT2D eigenvalue weighted by atomic mass is 10.1. The van der Waals surface area contributed by atoms with Crippen LogP contribution in [-0.2, 0) is 6.54 Å². The van der Waals surface area contributed by atoms with Crippen molar-refractivity contribution in [3.63, 3.8) is 0 Å². The summed E-state index contributed by atoms with van der Waals surface area (Å²) in [4.78, 5) is 6.92. The number of hydrogen-bond donors (Lipinski definition) is 0. The number of hydrogen-bond acceptors (Lipinski definition) is 4. The second-order valence-electron chi connectivity index (χ2n) is 6.40. The third kappa shape index (κ3) is 4.09. The first-order valence-electron chi connectivity index (χ1n) is 8.54. The molecule has 1 atom stereocenters. The molecule has 0 unspecified atom stereocenters. The van der Waals surface area contributed by atoms with Crippen molar-refractivity contribution < 1.29 is 9.15 Å². The Hall–Kier alpha value is -2.30. The highest BCUT2D eigenvalue weighted by atomic mass is 35.5. The van der Waals surface area contributed by atoms with E-state index in [1.54, 1.807) is 7.11 Å². The molecule has 5 heteroatoms. The number of rotatable bonds is 6. The molecule has 0 N–H and O–H groups in total. The molecule has 136 valence electrons. The Labute approximate surface area is 159 Å². The third-order valence-corrected chi connectivity index (χ3v) is 4.87. The summed E-state index contributed by atoms with van der Waals surface area (Å²) in [5.41, 5.74) is 3.06. The summed E-state index contributed by atoms with van der Waals surface area (Å²) in [7, 11) is 3.77. The van der Waals surface area contributed by atoms with Crippen molar-refractivity contribution in [3.8, 4) is 17.2 Å². The molecule has 0 aliphatic carbocycles. The Balaban J connectivity index is 1.76. The average molecular weight is 371 g/mol. The maximum Gasteiger partial charge on any atom is 0.226 e. The van der Waals surface area contributed by atoms with Crippen LogP contribution in [0.4, 0.5) is 0 Å². The normalized spacial score (nSPS) is 12.4. The van der Waals surface area contributed by atoms with E-state index in [4.69, 9.17) is 20.8 Å². The molecule has 0 saturated carbocycles. The van der Waals surface area contributed by atoms with Crippen LogP contribution in [0.25, 0.3) is 11.5 Å². The molecule has 3 aromatic rings. The third-order valence-electron chi connectivity index (χ3n) is 4.62. The monoisotopic (exact) mass is 370 g/mol. The van der Waals surface area contributed by atoms with Crippen molar-refractivity contribution >= 4 is 11.6 Å². The molecule has 0 fully saturated rings. The van der Waals surface area contributed by atoms with E-state index in [9.17, 15) is 0 Å². The van der Waals surface area contributed by atoms with E-state index < -0.39 is 0 Å². The van der Waals surface area contributed by atoms with E-state index in [-0.39, 0.29) is 6.04 Å². The van der Waals surface area contributed by atoms with Gasteiger partial charge in [0.05, 0.1) is 12.8 Å². The number of methoxy groups -OCH3 is 1. The summed E-state index contributed by atoms with van der Waals surface area (Å²) in [6.07, 6.45) is 0. The van der Waals surface area contributed by atoms with Crippen LogP contribution in [0.15, 0.2) is 52.9 Å². The van der Waals surface area contributed by atoms with Crippen molar-refractivity contribution in [1.29, 1.82) is 0 Å². The van der Waals surface area contributed by atoms with Crippen LogP contribution >= 0.6 is 11.6 Å². The van der Waals surface area contributed by atoms with Gasteiger partial charge in [-0.15, -0.1) is 0 Å². The molecule has 1 aromatic heterocycles. The fourth-order valence-corrected chi connectivity index (χ4v) is 2.95. The molecule has 0 saturated heterocycles. The number of aromatic nitrogens is 1. The van der Waals surface area contributed by atoms with Gasteiger partial charge in [0.2, 0.25) is 5.89 Å². The molecule has 1 heterocycles. The summed E-state index contributed by atoms with van der Waals surface area (Å²) >= 11 is 5.95. The fraction of sp³-hybridized carbons (Fsp3) is 0.286. The van der Waals surface area contributed by atoms with E-state index in [0.29, 0.717) is 17.5 Å². The highest BCUT2D eigenvalue weighted by Gasteiger charge is 2.17. The summed E-state index contributed by atoms with van der Waals surface area (Å²) in [5.74, 6) is 2.32. The maximum absolute atomic E-state index is 5.95. The van der Waals surface area contributed by atoms with Crippen molar-refractivity contribution in [2.45, 2.75) is 26.4 Å². The van der Waals surface area contributed by atoms with Crippen LogP contribution in [0.3, 0.4) is 0 Å². The minimum Gasteiger partial charge on any atom is -0.497 e. The van der Waals surface area contributed by atoms with Crippen LogP contribution in [0.1, 0.15) is 30.0 Å². The highest BCUT2D eigenvalue weighted by molar-refractivity contribution is 6.30. The summed E-state index contributed by atoms with van der Waals surface area (Å²) in [5, 5.41) is 0.698. The van der Waals surface area contributed by atoms with Crippen LogP contribution < -0.4 is 4.74 Å². The van der Waals surface area contributed by atoms with Crippen LogP contribution in [0.5, 0.6) is 5.75 Å². The van der Waals surface area contributed by atoms with Gasteiger partial charge >= 0.3 is 0 Å². The van der Waals surface area contributed by atoms with Gasteiger partial charge in [0, 0.05) is 23.2 Å². The van der Waals surface area contributed by atoms with E-state index in [1.165, 1.54) is 5.56 Å². The molecule has 0 bridgehead atoms. The first-order chi connectivity index (χ1) is 12.5. The van der Waals surface area contributed by atoms with Crippen LogP contribution in [0.2, 0.25) is 5.02 Å². The summed E-state index contributed by atoms with van der Waals surface area (Å²) < 4.78 is 11.2. The van der Waals surface area contributed by atoms with E-state index in [2.05, 4.69) is 36.0 Å². The van der Waals surface area contributed by atoms with Crippen molar-refractivity contribution in [2.24, 2.45) is 0 Å². The molecular formula is C21H23ClN2O2. The first-order valence-corrected chi connectivity index (χ1v) is 8.92. The molecule has 0 radical (unpaired) electrons. The lowest BCUT2D eigenvalue weighted by molar-refractivity contribution is 0.248. The minimum atomic E-state index is 0.222. The Morgan fingerprint density at radius 2 is 1.92 bits per heavy atom. The first kappa shape index (κ1) is 18.5. The second kappa shape index (κ2) is 7.94. The number of aryl methyl sites for hydroxylation is 1. The highest BCUT2D eigenvalue weighted by Crippen LogP contribution is 2.27. The Bertz CT molecular complexity index is 874. The predicted octanol–water partition coefficient (Wildman–Crippen LogP) is 5.51. The Morgan fingerprint density at radius 3 is 2.62 bits per heavy atom. The standard InChI is InChI=1S/C21H23ClN2O2/c1-14(17-6-5-7-19(12-17)25-4)24(3)13-20-15(2)26-21(23-20)16-8-10-18(22)11-9-16/h5-12,14H,13H2,1-4H3/t14-/m1/s1. The van der Waals surface area contributed by atoms with Crippen molar-refractivity contribution in [1.82, 2.24) is 9.88 Å². The minimum absolute atomic E-state index is 0.222. The lowest BCUT2D eigenvalue weighted by Gasteiger charge is -2.24. The number of ether oxygens (including phenoxy) is 1. The zero-order valence-electron chi connectivity index (χ0n) is 15.5. The maximum atomic E-state index is 5.95. The van der Waals surface area contributed by atoms with Gasteiger partial charge < -0.3 is 9.15 Å². The van der Waals surface area contributed by atoms with Gasteiger partial charge in [0.15, 0.2) is 0 Å². The van der Waals surface area contributed by atoms with E-state index in [0.717, 1.165) is 22.8 Å². The molecule has 0 amide bonds. The zero-order valence-corrected chi connectivity index (χ0v) is 16.2. The fourth-order valence-electron chi connectivity index (χ4n) is 2.82. The average Bonchev–Trinajstić information content (AvgIpc) is 3.02. The van der Waals surface area contributed by atoms with Crippen molar-refractivity contribution in [2.75, 3.05) is 14.2 Å². The van der Waals surface area contributed by atoms with Gasteiger partial charge in [-0.1, -0.05) is 23.7 Å². The smallest absolute Gasteiger partial charge is 0.226 e. The predicted molar refractivity (Wildman–Crippen MR) is 105 cm³/mol. The van der Waals surface area contributed by atoms with E-state index >= 15 is 0 Å². The molecule has 0 aliphatic rings. The quantitative estimate of drug-likeness (QED) is 0.573.